The Kier molecular flexibility index (Phi) is 6.12. The third-order valence-corrected chi connectivity index (χ3v) is 4.48. The summed E-state index contributed by atoms with van der Waals surface area (Å²) >= 11 is 0. The number of hydrogen-bond acceptors (Lipinski definition) is 4. The minimum atomic E-state index is 0.0493. The molecule has 0 spiro atoms. The van der Waals surface area contributed by atoms with Crippen LogP contribution in [-0.4, -0.2) is 35.9 Å². The molecule has 2 aromatic rings. The second kappa shape index (κ2) is 8.72. The fourth-order valence-corrected chi connectivity index (χ4v) is 3.00. The molecule has 1 unspecified atom stereocenters. The van der Waals surface area contributed by atoms with Crippen LogP contribution < -0.4 is 9.47 Å². The summed E-state index contributed by atoms with van der Waals surface area (Å²) in [6.07, 6.45) is 1.07. The Morgan fingerprint density at radius 2 is 1.88 bits per heavy atom. The summed E-state index contributed by atoms with van der Waals surface area (Å²) in [5, 5.41) is 9.37. The van der Waals surface area contributed by atoms with Crippen molar-refractivity contribution in [3.8, 4) is 11.5 Å². The van der Waals surface area contributed by atoms with Crippen LogP contribution in [0.5, 0.6) is 11.5 Å². The molecule has 138 valence electrons. The zero-order valence-electron chi connectivity index (χ0n) is 15.1. The van der Waals surface area contributed by atoms with Crippen LogP contribution in [0.3, 0.4) is 0 Å². The van der Waals surface area contributed by atoms with E-state index in [9.17, 15) is 9.90 Å². The maximum Gasteiger partial charge on any atom is 0.231 e. The van der Waals surface area contributed by atoms with Crippen molar-refractivity contribution in [2.75, 3.05) is 19.9 Å². The fraction of sp³-hybridized carbons (Fsp3) is 0.381. The summed E-state index contributed by atoms with van der Waals surface area (Å²) in [4.78, 5) is 14.6. The van der Waals surface area contributed by atoms with Gasteiger partial charge in [-0.3, -0.25) is 4.79 Å². The molecule has 5 nitrogen and oxygen atoms in total. The van der Waals surface area contributed by atoms with Crippen LogP contribution in [0.2, 0.25) is 0 Å². The summed E-state index contributed by atoms with van der Waals surface area (Å²) in [7, 11) is 0. The Balaban J connectivity index is 1.62. The second-order valence-corrected chi connectivity index (χ2v) is 6.74. The molecule has 3 rings (SSSR count). The van der Waals surface area contributed by atoms with Crippen LogP contribution in [0.4, 0.5) is 0 Å². The lowest BCUT2D eigenvalue weighted by Crippen LogP contribution is -2.35. The molecule has 0 saturated carbocycles. The van der Waals surface area contributed by atoms with Crippen molar-refractivity contribution in [2.24, 2.45) is 5.92 Å². The minimum absolute atomic E-state index is 0.0493. The van der Waals surface area contributed by atoms with Gasteiger partial charge < -0.3 is 19.5 Å². The SMILES string of the molecule is CC(CO)CN(Cc1ccccc1)C(=O)CCc1ccc2c(c1)OCO2. The van der Waals surface area contributed by atoms with E-state index >= 15 is 0 Å². The van der Waals surface area contributed by atoms with E-state index in [0.29, 0.717) is 25.9 Å². The zero-order chi connectivity index (χ0) is 18.4. The number of ether oxygens (including phenoxy) is 2. The van der Waals surface area contributed by atoms with E-state index in [1.807, 2.05) is 60.4 Å². The van der Waals surface area contributed by atoms with Gasteiger partial charge in [0.25, 0.3) is 0 Å². The molecule has 1 amide bonds. The lowest BCUT2D eigenvalue weighted by molar-refractivity contribution is -0.132. The van der Waals surface area contributed by atoms with Gasteiger partial charge in [0.2, 0.25) is 12.7 Å². The predicted octanol–water partition coefficient (Wildman–Crippen LogP) is 3.01. The Morgan fingerprint density at radius 3 is 2.65 bits per heavy atom. The van der Waals surface area contributed by atoms with E-state index < -0.39 is 0 Å². The van der Waals surface area contributed by atoms with Crippen molar-refractivity contribution in [3.63, 3.8) is 0 Å². The Bertz CT molecular complexity index is 732. The van der Waals surface area contributed by atoms with Crippen LogP contribution in [0.1, 0.15) is 24.5 Å². The maximum atomic E-state index is 12.8. The Labute approximate surface area is 154 Å². The van der Waals surface area contributed by atoms with Crippen LogP contribution in [0, 0.1) is 5.92 Å². The minimum Gasteiger partial charge on any atom is -0.454 e. The monoisotopic (exact) mass is 355 g/mol. The summed E-state index contributed by atoms with van der Waals surface area (Å²) in [6.45, 7) is 3.38. The van der Waals surface area contributed by atoms with Crippen molar-refractivity contribution < 1.29 is 19.4 Å². The Hall–Kier alpha value is -2.53. The number of aliphatic hydroxyl groups excluding tert-OH is 1. The highest BCUT2D eigenvalue weighted by Gasteiger charge is 2.18. The van der Waals surface area contributed by atoms with Gasteiger partial charge in [0.1, 0.15) is 0 Å². The number of hydrogen-bond donors (Lipinski definition) is 1. The fourth-order valence-electron chi connectivity index (χ4n) is 3.00. The van der Waals surface area contributed by atoms with Gasteiger partial charge in [0.15, 0.2) is 11.5 Å². The first-order valence-electron chi connectivity index (χ1n) is 8.97. The molecular formula is C21H25NO4. The summed E-state index contributed by atoms with van der Waals surface area (Å²) in [5.74, 6) is 1.63. The van der Waals surface area contributed by atoms with Crippen LogP contribution in [0.15, 0.2) is 48.5 Å². The molecule has 5 heteroatoms. The smallest absolute Gasteiger partial charge is 0.231 e. The van der Waals surface area contributed by atoms with E-state index in [4.69, 9.17) is 9.47 Å². The van der Waals surface area contributed by atoms with Crippen LogP contribution >= 0.6 is 0 Å². The lowest BCUT2D eigenvalue weighted by atomic mass is 10.1. The first-order chi connectivity index (χ1) is 12.7. The highest BCUT2D eigenvalue weighted by molar-refractivity contribution is 5.76. The standard InChI is InChI=1S/C21H25NO4/c1-16(14-23)12-22(13-18-5-3-2-4-6-18)21(24)10-8-17-7-9-19-20(11-17)26-15-25-19/h2-7,9,11,16,23H,8,10,12-15H2,1H3. The largest absolute Gasteiger partial charge is 0.454 e. The van der Waals surface area contributed by atoms with Crippen molar-refractivity contribution >= 4 is 5.91 Å². The van der Waals surface area contributed by atoms with E-state index in [2.05, 4.69) is 0 Å². The topological polar surface area (TPSA) is 59.0 Å². The number of benzene rings is 2. The molecule has 2 aromatic carbocycles. The van der Waals surface area contributed by atoms with Crippen molar-refractivity contribution in [3.05, 3.63) is 59.7 Å². The van der Waals surface area contributed by atoms with Crippen LogP contribution in [-0.2, 0) is 17.8 Å². The van der Waals surface area contributed by atoms with Gasteiger partial charge in [0.05, 0.1) is 0 Å². The van der Waals surface area contributed by atoms with Crippen molar-refractivity contribution in [1.82, 2.24) is 4.90 Å². The molecule has 0 aromatic heterocycles. The molecule has 1 heterocycles. The van der Waals surface area contributed by atoms with Gasteiger partial charge in [-0.2, -0.15) is 0 Å². The molecule has 0 aliphatic carbocycles. The number of carbonyl (C=O) groups is 1. The highest BCUT2D eigenvalue weighted by atomic mass is 16.7. The first kappa shape index (κ1) is 18.3. The average molecular weight is 355 g/mol. The van der Waals surface area contributed by atoms with Gasteiger partial charge in [-0.25, -0.2) is 0 Å². The third kappa shape index (κ3) is 4.76. The van der Waals surface area contributed by atoms with Gasteiger partial charge in [0, 0.05) is 26.1 Å². The lowest BCUT2D eigenvalue weighted by Gasteiger charge is -2.25. The van der Waals surface area contributed by atoms with E-state index in [0.717, 1.165) is 22.6 Å². The number of fused-ring (bicyclic) bond motifs is 1. The van der Waals surface area contributed by atoms with Gasteiger partial charge in [-0.1, -0.05) is 43.3 Å². The summed E-state index contributed by atoms with van der Waals surface area (Å²) < 4.78 is 10.7. The average Bonchev–Trinajstić information content (AvgIpc) is 3.14. The molecule has 26 heavy (non-hydrogen) atoms. The predicted molar refractivity (Wildman–Crippen MR) is 99.0 cm³/mol. The number of aryl methyl sites for hydroxylation is 1. The van der Waals surface area contributed by atoms with E-state index in [1.165, 1.54) is 0 Å². The van der Waals surface area contributed by atoms with Crippen molar-refractivity contribution in [2.45, 2.75) is 26.3 Å². The molecule has 1 aliphatic heterocycles. The zero-order valence-corrected chi connectivity index (χ0v) is 15.1. The summed E-state index contributed by atoms with van der Waals surface area (Å²) in [6, 6.07) is 15.7. The molecule has 1 N–H and O–H groups in total. The van der Waals surface area contributed by atoms with Crippen molar-refractivity contribution in [1.29, 1.82) is 0 Å². The number of rotatable bonds is 8. The third-order valence-electron chi connectivity index (χ3n) is 4.48. The molecule has 1 aliphatic rings. The molecule has 0 radical (unpaired) electrons. The van der Waals surface area contributed by atoms with Gasteiger partial charge in [-0.05, 0) is 35.6 Å². The molecular weight excluding hydrogens is 330 g/mol. The maximum absolute atomic E-state index is 12.8. The molecule has 1 atom stereocenters. The normalized spacial score (nSPS) is 13.5. The Morgan fingerprint density at radius 1 is 1.12 bits per heavy atom. The molecule has 0 bridgehead atoms. The van der Waals surface area contributed by atoms with Crippen LogP contribution in [0.25, 0.3) is 0 Å². The number of aliphatic hydroxyl groups is 1. The molecule has 0 saturated heterocycles. The number of nitrogens with zero attached hydrogens (tertiary/aromatic N) is 1. The first-order valence-corrected chi connectivity index (χ1v) is 8.97. The van der Waals surface area contributed by atoms with E-state index in [-0.39, 0.29) is 25.2 Å². The van der Waals surface area contributed by atoms with Gasteiger partial charge in [-0.15, -0.1) is 0 Å². The highest BCUT2D eigenvalue weighted by Crippen LogP contribution is 2.32. The number of amides is 1. The quantitative estimate of drug-likeness (QED) is 0.791. The summed E-state index contributed by atoms with van der Waals surface area (Å²) in [5.41, 5.74) is 2.14. The number of carbonyl (C=O) groups excluding carboxylic acids is 1. The van der Waals surface area contributed by atoms with E-state index in [1.54, 1.807) is 0 Å². The second-order valence-electron chi connectivity index (χ2n) is 6.74. The molecule has 0 fully saturated rings. The van der Waals surface area contributed by atoms with Gasteiger partial charge >= 0.3 is 0 Å².